The second kappa shape index (κ2) is 9.08. The molecule has 3 aromatic rings. The highest BCUT2D eigenvalue weighted by atomic mass is 16.5. The summed E-state index contributed by atoms with van der Waals surface area (Å²) in [7, 11) is 1.55. The summed E-state index contributed by atoms with van der Waals surface area (Å²) in [5, 5.41) is 3.86. The first-order valence-corrected chi connectivity index (χ1v) is 9.38. The van der Waals surface area contributed by atoms with Gasteiger partial charge in [-0.15, -0.1) is 0 Å². The normalized spacial score (nSPS) is 10.6. The van der Waals surface area contributed by atoms with E-state index in [2.05, 4.69) is 10.3 Å². The fourth-order valence-electron chi connectivity index (χ4n) is 3.23. The number of rotatable bonds is 8. The number of carbonyl (C=O) groups excluding carboxylic acids is 2. The summed E-state index contributed by atoms with van der Waals surface area (Å²) in [5.41, 5.74) is 2.53. The molecule has 0 bridgehead atoms. The first kappa shape index (κ1) is 19.5. The molecule has 0 atom stereocenters. The number of carbonyl (C=O) groups is 2. The molecular weight excluding hydrogens is 354 g/mol. The molecule has 28 heavy (non-hydrogen) atoms. The van der Waals surface area contributed by atoms with E-state index in [4.69, 9.17) is 4.74 Å². The smallest absolute Gasteiger partial charge is 0.244 e. The fourth-order valence-corrected chi connectivity index (χ4v) is 3.23. The van der Waals surface area contributed by atoms with Crippen LogP contribution in [0.25, 0.3) is 10.9 Å². The number of H-pyrrole nitrogens is 1. The highest BCUT2D eigenvalue weighted by molar-refractivity contribution is 5.96. The van der Waals surface area contributed by atoms with E-state index in [0.29, 0.717) is 18.0 Å². The number of methoxy groups -OCH3 is 1. The van der Waals surface area contributed by atoms with E-state index < -0.39 is 0 Å². The Balaban J connectivity index is 1.68. The number of amides is 2. The van der Waals surface area contributed by atoms with Crippen molar-refractivity contribution in [3.05, 3.63) is 60.3 Å². The maximum Gasteiger partial charge on any atom is 0.244 e. The number of nitrogens with one attached hydrogen (secondary N) is 2. The van der Waals surface area contributed by atoms with E-state index in [1.54, 1.807) is 24.1 Å². The van der Waals surface area contributed by atoms with Crippen LogP contribution >= 0.6 is 0 Å². The van der Waals surface area contributed by atoms with Gasteiger partial charge in [-0.3, -0.25) is 9.59 Å². The molecule has 2 N–H and O–H groups in total. The van der Waals surface area contributed by atoms with Gasteiger partial charge in [0, 0.05) is 23.6 Å². The number of hydrogen-bond acceptors (Lipinski definition) is 3. The predicted octanol–water partition coefficient (Wildman–Crippen LogP) is 3.60. The first-order chi connectivity index (χ1) is 13.6. The van der Waals surface area contributed by atoms with Crippen LogP contribution in [0.3, 0.4) is 0 Å². The number of aromatic amines is 1. The second-order valence-corrected chi connectivity index (χ2v) is 6.60. The van der Waals surface area contributed by atoms with Crippen LogP contribution in [-0.2, 0) is 16.0 Å². The quantitative estimate of drug-likeness (QED) is 0.628. The van der Waals surface area contributed by atoms with Crippen molar-refractivity contribution in [1.82, 2.24) is 9.88 Å². The number of para-hydroxylation sites is 3. The minimum Gasteiger partial charge on any atom is -0.495 e. The lowest BCUT2D eigenvalue weighted by molar-refractivity contribution is -0.134. The lowest BCUT2D eigenvalue weighted by Crippen LogP contribution is -2.39. The molecule has 146 valence electrons. The van der Waals surface area contributed by atoms with Gasteiger partial charge in [-0.25, -0.2) is 0 Å². The van der Waals surface area contributed by atoms with Gasteiger partial charge in [-0.05, 0) is 30.2 Å². The molecule has 1 heterocycles. The maximum absolute atomic E-state index is 12.9. The summed E-state index contributed by atoms with van der Waals surface area (Å²) in [4.78, 5) is 30.2. The molecule has 2 amide bonds. The molecule has 0 aliphatic rings. The van der Waals surface area contributed by atoms with Crippen LogP contribution in [0, 0.1) is 0 Å². The van der Waals surface area contributed by atoms with Gasteiger partial charge in [0.25, 0.3) is 0 Å². The summed E-state index contributed by atoms with van der Waals surface area (Å²) in [6.45, 7) is 2.53. The van der Waals surface area contributed by atoms with Crippen LogP contribution in [0.15, 0.2) is 54.7 Å². The Kier molecular flexibility index (Phi) is 6.32. The topological polar surface area (TPSA) is 74.4 Å². The molecule has 0 unspecified atom stereocenters. The summed E-state index contributed by atoms with van der Waals surface area (Å²) in [6.07, 6.45) is 2.90. The minimum absolute atomic E-state index is 0.00702. The Bertz CT molecular complexity index is 964. The number of fused-ring (bicyclic) bond motifs is 1. The first-order valence-electron chi connectivity index (χ1n) is 9.38. The molecule has 0 aliphatic heterocycles. The average Bonchev–Trinajstić information content (AvgIpc) is 3.11. The Morgan fingerprint density at radius 2 is 1.86 bits per heavy atom. The molecule has 0 saturated heterocycles. The van der Waals surface area contributed by atoms with E-state index >= 15 is 0 Å². The van der Waals surface area contributed by atoms with Crippen LogP contribution in [0.4, 0.5) is 5.69 Å². The monoisotopic (exact) mass is 379 g/mol. The Hall–Kier alpha value is -3.28. The van der Waals surface area contributed by atoms with Crippen LogP contribution in [-0.4, -0.2) is 41.9 Å². The van der Waals surface area contributed by atoms with Gasteiger partial charge in [0.1, 0.15) is 5.75 Å². The van der Waals surface area contributed by atoms with Crippen molar-refractivity contribution >= 4 is 28.4 Å². The SMILES string of the molecule is CCCN(CC(=O)Nc1ccccc1OC)C(=O)Cc1c[nH]c2ccccc12. The number of aromatic nitrogens is 1. The van der Waals surface area contributed by atoms with Crippen molar-refractivity contribution in [2.24, 2.45) is 0 Å². The predicted molar refractivity (Wildman–Crippen MR) is 110 cm³/mol. The molecule has 1 aromatic heterocycles. The number of benzene rings is 2. The van der Waals surface area contributed by atoms with Gasteiger partial charge >= 0.3 is 0 Å². The van der Waals surface area contributed by atoms with Crippen LogP contribution in [0.5, 0.6) is 5.75 Å². The summed E-state index contributed by atoms with van der Waals surface area (Å²) in [5.74, 6) is 0.273. The third-order valence-electron chi connectivity index (χ3n) is 4.58. The molecule has 0 aliphatic carbocycles. The van der Waals surface area contributed by atoms with Gasteiger partial charge < -0.3 is 19.9 Å². The molecule has 6 nitrogen and oxygen atoms in total. The molecule has 2 aromatic carbocycles. The van der Waals surface area contributed by atoms with Crippen LogP contribution in [0.2, 0.25) is 0 Å². The van der Waals surface area contributed by atoms with Crippen molar-refractivity contribution in [3.8, 4) is 5.75 Å². The molecule has 0 radical (unpaired) electrons. The standard InChI is InChI=1S/C22H25N3O3/c1-3-12-25(15-21(26)24-19-10-6-7-11-20(19)28-2)22(27)13-16-14-23-18-9-5-4-8-17(16)18/h4-11,14,23H,3,12-13,15H2,1-2H3,(H,24,26). The van der Waals surface area contributed by atoms with Crippen LogP contribution < -0.4 is 10.1 Å². The third-order valence-corrected chi connectivity index (χ3v) is 4.58. The molecule has 3 rings (SSSR count). The third kappa shape index (κ3) is 4.52. The second-order valence-electron chi connectivity index (χ2n) is 6.60. The summed E-state index contributed by atoms with van der Waals surface area (Å²) < 4.78 is 5.26. The van der Waals surface area contributed by atoms with E-state index in [9.17, 15) is 9.59 Å². The van der Waals surface area contributed by atoms with Crippen molar-refractivity contribution in [2.75, 3.05) is 25.5 Å². The van der Waals surface area contributed by atoms with Crippen molar-refractivity contribution in [2.45, 2.75) is 19.8 Å². The molecular formula is C22H25N3O3. The lowest BCUT2D eigenvalue weighted by Gasteiger charge is -2.22. The minimum atomic E-state index is -0.245. The molecule has 0 spiro atoms. The van der Waals surface area contributed by atoms with Gasteiger partial charge in [0.2, 0.25) is 11.8 Å². The highest BCUT2D eigenvalue weighted by Crippen LogP contribution is 2.23. The number of nitrogens with zero attached hydrogens (tertiary/aromatic N) is 1. The average molecular weight is 379 g/mol. The van der Waals surface area contributed by atoms with Crippen molar-refractivity contribution in [3.63, 3.8) is 0 Å². The number of hydrogen-bond donors (Lipinski definition) is 2. The molecule has 0 fully saturated rings. The van der Waals surface area contributed by atoms with Gasteiger partial charge in [0.05, 0.1) is 25.8 Å². The fraction of sp³-hybridized carbons (Fsp3) is 0.273. The zero-order valence-corrected chi connectivity index (χ0v) is 16.2. The molecule has 6 heteroatoms. The Morgan fingerprint density at radius 3 is 2.64 bits per heavy atom. The Morgan fingerprint density at radius 1 is 1.11 bits per heavy atom. The van der Waals surface area contributed by atoms with E-state index in [0.717, 1.165) is 22.9 Å². The largest absolute Gasteiger partial charge is 0.495 e. The van der Waals surface area contributed by atoms with Crippen molar-refractivity contribution < 1.29 is 14.3 Å². The zero-order valence-electron chi connectivity index (χ0n) is 16.2. The van der Waals surface area contributed by atoms with Gasteiger partial charge in [-0.2, -0.15) is 0 Å². The van der Waals surface area contributed by atoms with E-state index in [1.807, 2.05) is 49.5 Å². The number of ether oxygens (including phenoxy) is 1. The van der Waals surface area contributed by atoms with Gasteiger partial charge in [-0.1, -0.05) is 37.3 Å². The molecule has 0 saturated carbocycles. The summed E-state index contributed by atoms with van der Waals surface area (Å²) in [6, 6.07) is 15.1. The summed E-state index contributed by atoms with van der Waals surface area (Å²) >= 11 is 0. The van der Waals surface area contributed by atoms with Gasteiger partial charge in [0.15, 0.2) is 0 Å². The number of anilines is 1. The lowest BCUT2D eigenvalue weighted by atomic mass is 10.1. The van der Waals surface area contributed by atoms with Crippen molar-refractivity contribution in [1.29, 1.82) is 0 Å². The van der Waals surface area contributed by atoms with Crippen LogP contribution in [0.1, 0.15) is 18.9 Å². The maximum atomic E-state index is 12.9. The van der Waals surface area contributed by atoms with E-state index in [-0.39, 0.29) is 24.8 Å². The van der Waals surface area contributed by atoms with E-state index in [1.165, 1.54) is 0 Å². The zero-order chi connectivity index (χ0) is 19.9. The Labute approximate surface area is 164 Å². The highest BCUT2D eigenvalue weighted by Gasteiger charge is 2.19.